The van der Waals surface area contributed by atoms with E-state index in [1.165, 1.54) is 0 Å². The lowest BCUT2D eigenvalue weighted by Crippen LogP contribution is -2.59. The molecule has 1 aliphatic rings. The number of carbonyl (C=O) groups is 1. The van der Waals surface area contributed by atoms with Gasteiger partial charge in [-0.2, -0.15) is 0 Å². The lowest BCUT2D eigenvalue weighted by molar-refractivity contribution is -0.130. The molecule has 7 heteroatoms. The highest BCUT2D eigenvalue weighted by atomic mass is 19.1. The van der Waals surface area contributed by atoms with Gasteiger partial charge in [-0.1, -0.05) is 0 Å². The molecule has 0 atom stereocenters. The van der Waals surface area contributed by atoms with Gasteiger partial charge in [-0.3, -0.25) is 4.79 Å². The van der Waals surface area contributed by atoms with E-state index in [0.29, 0.717) is 25.2 Å². The van der Waals surface area contributed by atoms with E-state index in [9.17, 15) is 18.0 Å². The highest BCUT2D eigenvalue weighted by Crippen LogP contribution is 2.20. The maximum Gasteiger partial charge on any atom is 0.250 e. The molecule has 0 bridgehead atoms. The molecule has 1 heterocycles. The van der Waals surface area contributed by atoms with Crippen LogP contribution in [0.3, 0.4) is 0 Å². The minimum Gasteiger partial charge on any atom is -0.363 e. The molecular formula is C12H13F3N2O2. The molecule has 1 saturated heterocycles. The molecule has 0 aromatic heterocycles. The standard InChI is InChI=1S/C12H13F3N2O2/c1-12(5-16-6-12)19-4-10(18)17-11-8(14)2-7(13)3-9(11)15/h2-3,16H,4-6H2,1H3,(H,17,18). The van der Waals surface area contributed by atoms with Gasteiger partial charge in [0.25, 0.3) is 5.91 Å². The first-order valence-corrected chi connectivity index (χ1v) is 5.69. The molecule has 19 heavy (non-hydrogen) atoms. The Kier molecular flexibility index (Phi) is 3.77. The van der Waals surface area contributed by atoms with Gasteiger partial charge in [-0.05, 0) is 6.92 Å². The van der Waals surface area contributed by atoms with E-state index in [4.69, 9.17) is 4.74 Å². The zero-order valence-corrected chi connectivity index (χ0v) is 10.2. The SMILES string of the molecule is CC1(OCC(=O)Nc2c(F)cc(F)cc2F)CNC1. The summed E-state index contributed by atoms with van der Waals surface area (Å²) in [5.74, 6) is -4.07. The van der Waals surface area contributed by atoms with E-state index in [1.807, 2.05) is 12.2 Å². The summed E-state index contributed by atoms with van der Waals surface area (Å²) in [6.07, 6.45) is 0. The normalized spacial score (nSPS) is 16.8. The van der Waals surface area contributed by atoms with Crippen LogP contribution < -0.4 is 10.6 Å². The van der Waals surface area contributed by atoms with Crippen LogP contribution in [0.25, 0.3) is 0 Å². The van der Waals surface area contributed by atoms with Gasteiger partial charge in [0.05, 0.1) is 5.60 Å². The molecule has 0 radical (unpaired) electrons. The zero-order chi connectivity index (χ0) is 14.0. The van der Waals surface area contributed by atoms with Crippen LogP contribution in [0.1, 0.15) is 6.92 Å². The van der Waals surface area contributed by atoms with Crippen LogP contribution in [0.4, 0.5) is 18.9 Å². The average Bonchev–Trinajstić information content (AvgIpc) is 2.28. The predicted octanol–water partition coefficient (Wildman–Crippen LogP) is 1.42. The smallest absolute Gasteiger partial charge is 0.250 e. The number of hydrogen-bond acceptors (Lipinski definition) is 3. The number of anilines is 1. The summed E-state index contributed by atoms with van der Waals surface area (Å²) in [6.45, 7) is 2.71. The predicted molar refractivity (Wildman–Crippen MR) is 62.2 cm³/mol. The van der Waals surface area contributed by atoms with Gasteiger partial charge < -0.3 is 15.4 Å². The molecule has 0 saturated carbocycles. The number of carbonyl (C=O) groups excluding carboxylic acids is 1. The van der Waals surface area contributed by atoms with Crippen molar-refractivity contribution < 1.29 is 22.7 Å². The molecule has 1 fully saturated rings. The van der Waals surface area contributed by atoms with Crippen molar-refractivity contribution in [2.75, 3.05) is 25.0 Å². The summed E-state index contributed by atoms with van der Waals surface area (Å²) >= 11 is 0. The summed E-state index contributed by atoms with van der Waals surface area (Å²) < 4.78 is 44.5. The monoisotopic (exact) mass is 274 g/mol. The van der Waals surface area contributed by atoms with Crippen LogP contribution in [0.5, 0.6) is 0 Å². The van der Waals surface area contributed by atoms with Crippen LogP contribution in [-0.2, 0) is 9.53 Å². The fourth-order valence-electron chi connectivity index (χ4n) is 1.66. The van der Waals surface area contributed by atoms with Gasteiger partial charge in [0.2, 0.25) is 0 Å². The van der Waals surface area contributed by atoms with Crippen molar-refractivity contribution >= 4 is 11.6 Å². The van der Waals surface area contributed by atoms with E-state index >= 15 is 0 Å². The van der Waals surface area contributed by atoms with E-state index in [1.54, 1.807) is 0 Å². The van der Waals surface area contributed by atoms with Crippen molar-refractivity contribution in [2.24, 2.45) is 0 Å². The summed E-state index contributed by atoms with van der Waals surface area (Å²) in [5, 5.41) is 5.01. The Labute approximate surface area is 107 Å². The van der Waals surface area contributed by atoms with Gasteiger partial charge >= 0.3 is 0 Å². The van der Waals surface area contributed by atoms with Crippen molar-refractivity contribution in [3.05, 3.63) is 29.6 Å². The van der Waals surface area contributed by atoms with E-state index in [0.717, 1.165) is 0 Å². The van der Waals surface area contributed by atoms with Crippen LogP contribution in [0, 0.1) is 17.5 Å². The molecule has 0 unspecified atom stereocenters. The maximum absolute atomic E-state index is 13.3. The summed E-state index contributed by atoms with van der Waals surface area (Å²) in [6, 6.07) is 0.993. The molecule has 1 aromatic rings. The fourth-order valence-corrected chi connectivity index (χ4v) is 1.66. The third-order valence-electron chi connectivity index (χ3n) is 2.82. The Balaban J connectivity index is 1.95. The number of halogens is 3. The molecule has 1 aliphatic heterocycles. The minimum absolute atomic E-state index is 0.325. The maximum atomic E-state index is 13.3. The zero-order valence-electron chi connectivity index (χ0n) is 10.2. The molecule has 4 nitrogen and oxygen atoms in total. The van der Waals surface area contributed by atoms with Crippen LogP contribution >= 0.6 is 0 Å². The summed E-state index contributed by atoms with van der Waals surface area (Å²) in [5.41, 5.74) is -1.11. The molecular weight excluding hydrogens is 261 g/mol. The Morgan fingerprint density at radius 1 is 1.37 bits per heavy atom. The topological polar surface area (TPSA) is 50.4 Å². The van der Waals surface area contributed by atoms with Gasteiger partial charge in [0.1, 0.15) is 18.1 Å². The van der Waals surface area contributed by atoms with E-state index in [2.05, 4.69) is 5.32 Å². The van der Waals surface area contributed by atoms with Gasteiger partial charge in [0.15, 0.2) is 11.6 Å². The number of ether oxygens (including phenoxy) is 1. The van der Waals surface area contributed by atoms with E-state index < -0.39 is 34.6 Å². The lowest BCUT2D eigenvalue weighted by atomic mass is 10.0. The molecule has 0 spiro atoms. The summed E-state index contributed by atoms with van der Waals surface area (Å²) in [4.78, 5) is 11.5. The first-order valence-electron chi connectivity index (χ1n) is 5.69. The second kappa shape index (κ2) is 5.18. The highest BCUT2D eigenvalue weighted by Gasteiger charge is 2.33. The quantitative estimate of drug-likeness (QED) is 0.873. The first-order chi connectivity index (χ1) is 8.89. The molecule has 2 rings (SSSR count). The Morgan fingerprint density at radius 2 is 1.95 bits per heavy atom. The van der Waals surface area contributed by atoms with Crippen molar-refractivity contribution in [1.82, 2.24) is 5.32 Å². The van der Waals surface area contributed by atoms with Crippen LogP contribution in [0.2, 0.25) is 0 Å². The number of rotatable bonds is 4. The van der Waals surface area contributed by atoms with Gasteiger partial charge in [0, 0.05) is 25.2 Å². The average molecular weight is 274 g/mol. The van der Waals surface area contributed by atoms with Crippen LogP contribution in [0.15, 0.2) is 12.1 Å². The summed E-state index contributed by atoms with van der Waals surface area (Å²) in [7, 11) is 0. The third-order valence-corrected chi connectivity index (χ3v) is 2.82. The number of nitrogens with one attached hydrogen (secondary N) is 2. The van der Waals surface area contributed by atoms with Crippen molar-refractivity contribution in [1.29, 1.82) is 0 Å². The van der Waals surface area contributed by atoms with Crippen molar-refractivity contribution in [3.8, 4) is 0 Å². The van der Waals surface area contributed by atoms with Gasteiger partial charge in [-0.15, -0.1) is 0 Å². The largest absolute Gasteiger partial charge is 0.363 e. The van der Waals surface area contributed by atoms with Crippen LogP contribution in [-0.4, -0.2) is 31.2 Å². The second-order valence-electron chi connectivity index (χ2n) is 4.63. The third kappa shape index (κ3) is 3.24. The number of hydrogen-bond donors (Lipinski definition) is 2. The molecule has 1 aromatic carbocycles. The molecule has 0 aliphatic carbocycles. The Hall–Kier alpha value is -1.60. The van der Waals surface area contributed by atoms with Gasteiger partial charge in [-0.25, -0.2) is 13.2 Å². The molecule has 2 N–H and O–H groups in total. The van der Waals surface area contributed by atoms with Crippen molar-refractivity contribution in [3.63, 3.8) is 0 Å². The Morgan fingerprint density at radius 3 is 2.42 bits per heavy atom. The van der Waals surface area contributed by atoms with Crippen molar-refractivity contribution in [2.45, 2.75) is 12.5 Å². The number of benzene rings is 1. The molecule has 1 amide bonds. The van der Waals surface area contributed by atoms with E-state index in [-0.39, 0.29) is 6.61 Å². The fraction of sp³-hybridized carbons (Fsp3) is 0.417. The molecule has 104 valence electrons. The number of amides is 1. The second-order valence-corrected chi connectivity index (χ2v) is 4.63. The minimum atomic E-state index is -1.16. The Bertz CT molecular complexity index is 481. The lowest BCUT2D eigenvalue weighted by Gasteiger charge is -2.38. The highest BCUT2D eigenvalue weighted by molar-refractivity contribution is 5.92. The first kappa shape index (κ1) is 13.8.